The van der Waals surface area contributed by atoms with Crippen molar-refractivity contribution >= 4 is 5.78 Å². The van der Waals surface area contributed by atoms with Gasteiger partial charge in [0, 0.05) is 12.0 Å². The fourth-order valence-corrected chi connectivity index (χ4v) is 3.05. The molecule has 0 spiro atoms. The van der Waals surface area contributed by atoms with Gasteiger partial charge in [-0.25, -0.2) is 0 Å². The second-order valence-electron chi connectivity index (χ2n) is 7.45. The Morgan fingerprint density at radius 2 is 1.48 bits per heavy atom. The van der Waals surface area contributed by atoms with Crippen molar-refractivity contribution in [2.45, 2.75) is 97.8 Å². The van der Waals surface area contributed by atoms with E-state index in [9.17, 15) is 4.79 Å². The Balaban J connectivity index is 2.55. The highest BCUT2D eigenvalue weighted by Gasteiger charge is 2.15. The maximum absolute atomic E-state index is 12.6. The van der Waals surface area contributed by atoms with Crippen LogP contribution in [0.15, 0.2) is 18.2 Å². The van der Waals surface area contributed by atoms with Gasteiger partial charge in [-0.3, -0.25) is 4.79 Å². The van der Waals surface area contributed by atoms with Crippen LogP contribution in [0.4, 0.5) is 0 Å². The summed E-state index contributed by atoms with van der Waals surface area (Å²) in [7, 11) is 0. The molecule has 1 aromatic carbocycles. The van der Waals surface area contributed by atoms with Crippen molar-refractivity contribution in [2.75, 3.05) is 0 Å². The third-order valence-electron chi connectivity index (χ3n) is 4.67. The minimum atomic E-state index is 0.331. The maximum Gasteiger partial charge on any atom is 0.163 e. The van der Waals surface area contributed by atoms with Gasteiger partial charge >= 0.3 is 0 Å². The van der Waals surface area contributed by atoms with Crippen molar-refractivity contribution in [1.82, 2.24) is 0 Å². The molecule has 0 N–H and O–H groups in total. The molecule has 0 unspecified atom stereocenters. The molecule has 0 aromatic heterocycles. The van der Waals surface area contributed by atoms with E-state index in [1.807, 2.05) is 0 Å². The minimum Gasteiger partial charge on any atom is -0.294 e. The normalized spacial score (nSPS) is 11.4. The van der Waals surface area contributed by atoms with Gasteiger partial charge in [-0.1, -0.05) is 91.3 Å². The largest absolute Gasteiger partial charge is 0.294 e. The van der Waals surface area contributed by atoms with E-state index in [1.54, 1.807) is 0 Å². The number of carbonyl (C=O) groups excluding carboxylic acids is 1. The molecule has 1 heteroatoms. The highest BCUT2D eigenvalue weighted by atomic mass is 16.1. The first kappa shape index (κ1) is 19.9. The van der Waals surface area contributed by atoms with Crippen molar-refractivity contribution in [2.24, 2.45) is 0 Å². The summed E-state index contributed by atoms with van der Waals surface area (Å²) in [5.41, 5.74) is 3.51. The van der Waals surface area contributed by atoms with E-state index in [1.165, 1.54) is 49.7 Å². The van der Waals surface area contributed by atoms with Crippen LogP contribution in [-0.2, 0) is 0 Å². The molecule has 1 nitrogen and oxygen atoms in total. The lowest BCUT2D eigenvalue weighted by Gasteiger charge is -2.15. The van der Waals surface area contributed by atoms with E-state index in [2.05, 4.69) is 52.8 Å². The number of hydrogen-bond acceptors (Lipinski definition) is 1. The molecule has 0 radical (unpaired) electrons. The molecule has 23 heavy (non-hydrogen) atoms. The molecule has 0 heterocycles. The van der Waals surface area contributed by atoms with Crippen molar-refractivity contribution in [1.29, 1.82) is 0 Å². The average Bonchev–Trinajstić information content (AvgIpc) is 2.53. The van der Waals surface area contributed by atoms with Crippen LogP contribution in [0, 0.1) is 0 Å². The molecule has 0 bridgehead atoms. The highest BCUT2D eigenvalue weighted by Crippen LogP contribution is 2.26. The summed E-state index contributed by atoms with van der Waals surface area (Å²) in [5.74, 6) is 1.25. The van der Waals surface area contributed by atoms with E-state index in [0.29, 0.717) is 24.0 Å². The second-order valence-corrected chi connectivity index (χ2v) is 7.45. The monoisotopic (exact) mass is 316 g/mol. The Hall–Kier alpha value is -1.11. The van der Waals surface area contributed by atoms with E-state index >= 15 is 0 Å². The first-order valence-electron chi connectivity index (χ1n) is 9.64. The fourth-order valence-electron chi connectivity index (χ4n) is 3.05. The zero-order chi connectivity index (χ0) is 17.2. The Labute approximate surface area is 143 Å². The quantitative estimate of drug-likeness (QED) is 0.310. The van der Waals surface area contributed by atoms with Crippen LogP contribution in [0.25, 0.3) is 0 Å². The van der Waals surface area contributed by atoms with Crippen LogP contribution < -0.4 is 0 Å². The predicted octanol–water partition coefficient (Wildman–Crippen LogP) is 7.26. The predicted molar refractivity (Wildman–Crippen MR) is 102 cm³/mol. The summed E-state index contributed by atoms with van der Waals surface area (Å²) in [6.07, 6.45) is 9.51. The molecule has 0 saturated carbocycles. The molecule has 0 aliphatic heterocycles. The lowest BCUT2D eigenvalue weighted by Crippen LogP contribution is -2.06. The van der Waals surface area contributed by atoms with E-state index in [4.69, 9.17) is 0 Å². The molecular formula is C22H36O. The number of ketones is 1. The highest BCUT2D eigenvalue weighted by molar-refractivity contribution is 5.97. The van der Waals surface area contributed by atoms with E-state index in [0.717, 1.165) is 12.0 Å². The van der Waals surface area contributed by atoms with Gasteiger partial charge in [-0.15, -0.1) is 0 Å². The Kier molecular flexibility index (Phi) is 9.21. The number of benzene rings is 1. The Morgan fingerprint density at radius 3 is 2.04 bits per heavy atom. The van der Waals surface area contributed by atoms with Crippen molar-refractivity contribution in [3.05, 3.63) is 34.9 Å². The van der Waals surface area contributed by atoms with Gasteiger partial charge in [0.25, 0.3) is 0 Å². The number of hydrogen-bond donors (Lipinski definition) is 0. The molecule has 0 saturated heterocycles. The molecule has 130 valence electrons. The smallest absolute Gasteiger partial charge is 0.163 e. The summed E-state index contributed by atoms with van der Waals surface area (Å²) in [4.78, 5) is 12.6. The average molecular weight is 317 g/mol. The van der Waals surface area contributed by atoms with Crippen LogP contribution in [0.2, 0.25) is 0 Å². The first-order chi connectivity index (χ1) is 11.0. The van der Waals surface area contributed by atoms with Gasteiger partial charge in [-0.2, -0.15) is 0 Å². The summed E-state index contributed by atoms with van der Waals surface area (Å²) in [6.45, 7) is 11.0. The zero-order valence-electron chi connectivity index (χ0n) is 16.0. The molecule has 1 aromatic rings. The van der Waals surface area contributed by atoms with Gasteiger partial charge in [-0.05, 0) is 29.4 Å². The molecule has 0 amide bonds. The lowest BCUT2D eigenvalue weighted by molar-refractivity contribution is 0.0978. The molecule has 0 aliphatic rings. The third kappa shape index (κ3) is 6.89. The topological polar surface area (TPSA) is 17.1 Å². The maximum atomic E-state index is 12.6. The lowest BCUT2D eigenvalue weighted by atomic mass is 9.89. The summed E-state index contributed by atoms with van der Waals surface area (Å²) >= 11 is 0. The molecule has 1 rings (SSSR count). The number of Topliss-reactive ketones (excluding diaryl/α,β-unsaturated/α-hetero) is 1. The number of unbranched alkanes of at least 4 members (excludes halogenated alkanes) is 6. The Bertz CT molecular complexity index is 471. The van der Waals surface area contributed by atoms with Gasteiger partial charge < -0.3 is 0 Å². The van der Waals surface area contributed by atoms with Gasteiger partial charge in [0.2, 0.25) is 0 Å². The van der Waals surface area contributed by atoms with Gasteiger partial charge in [0.1, 0.15) is 0 Å². The molecular weight excluding hydrogens is 280 g/mol. The number of carbonyl (C=O) groups is 1. The van der Waals surface area contributed by atoms with Crippen molar-refractivity contribution < 1.29 is 4.79 Å². The minimum absolute atomic E-state index is 0.331. The van der Waals surface area contributed by atoms with Crippen LogP contribution in [-0.4, -0.2) is 5.78 Å². The first-order valence-corrected chi connectivity index (χ1v) is 9.64. The van der Waals surface area contributed by atoms with Crippen LogP contribution in [0.3, 0.4) is 0 Å². The van der Waals surface area contributed by atoms with Crippen molar-refractivity contribution in [3.8, 4) is 0 Å². The summed E-state index contributed by atoms with van der Waals surface area (Å²) < 4.78 is 0. The molecule has 0 aliphatic carbocycles. The third-order valence-corrected chi connectivity index (χ3v) is 4.67. The fraction of sp³-hybridized carbons (Fsp3) is 0.682. The zero-order valence-corrected chi connectivity index (χ0v) is 16.0. The summed E-state index contributed by atoms with van der Waals surface area (Å²) in [6, 6.07) is 6.44. The van der Waals surface area contributed by atoms with E-state index < -0.39 is 0 Å². The van der Waals surface area contributed by atoms with Gasteiger partial charge in [0.05, 0.1) is 0 Å². The molecule has 0 atom stereocenters. The van der Waals surface area contributed by atoms with E-state index in [-0.39, 0.29) is 0 Å². The SMILES string of the molecule is CCCCCCCCCC(=O)c1ccc(C(C)C)cc1C(C)C. The molecule has 0 fully saturated rings. The van der Waals surface area contributed by atoms with Crippen LogP contribution in [0.5, 0.6) is 0 Å². The second kappa shape index (κ2) is 10.6. The summed E-state index contributed by atoms with van der Waals surface area (Å²) in [5, 5.41) is 0. The van der Waals surface area contributed by atoms with Crippen molar-refractivity contribution in [3.63, 3.8) is 0 Å². The van der Waals surface area contributed by atoms with Crippen LogP contribution in [0.1, 0.15) is 119 Å². The number of rotatable bonds is 11. The standard InChI is InChI=1S/C22H36O/c1-6-7-8-9-10-11-12-13-22(23)20-15-14-19(17(2)3)16-21(20)18(4)5/h14-18H,6-13H2,1-5H3. The van der Waals surface area contributed by atoms with Gasteiger partial charge in [0.15, 0.2) is 5.78 Å². The van der Waals surface area contributed by atoms with Crippen LogP contribution >= 0.6 is 0 Å². The Morgan fingerprint density at radius 1 is 0.870 bits per heavy atom.